The Morgan fingerprint density at radius 1 is 1.12 bits per heavy atom. The second kappa shape index (κ2) is 7.13. The average Bonchev–Trinajstić information content (AvgIpc) is 3.17. The van der Waals surface area contributed by atoms with Crippen LogP contribution >= 0.6 is 0 Å². The van der Waals surface area contributed by atoms with Crippen LogP contribution in [0.1, 0.15) is 37.7 Å². The van der Waals surface area contributed by atoms with E-state index in [9.17, 15) is 13.2 Å². The van der Waals surface area contributed by atoms with Crippen LogP contribution in [0.5, 0.6) is 5.75 Å². The summed E-state index contributed by atoms with van der Waals surface area (Å²) in [6, 6.07) is 7.56. The molecule has 2 fully saturated rings. The van der Waals surface area contributed by atoms with E-state index in [-0.39, 0.29) is 36.1 Å². The Balaban J connectivity index is 1.67. The highest BCUT2D eigenvalue weighted by atomic mass is 32.2. The summed E-state index contributed by atoms with van der Waals surface area (Å²) < 4.78 is 29.3. The standard InChI is InChI=1S/C18H25NO4S/c1-14-6-8-17(9-7-14)23-12-18(20)19(15-4-2-3-5-15)16-10-11-24(21,22)13-16/h6-9,15-16H,2-5,10-13H2,1H3/t16-/m1/s1. The second-order valence-corrected chi connectivity index (χ2v) is 9.13. The van der Waals surface area contributed by atoms with Gasteiger partial charge < -0.3 is 9.64 Å². The maximum absolute atomic E-state index is 12.8. The molecule has 0 bridgehead atoms. The molecule has 1 amide bonds. The highest BCUT2D eigenvalue weighted by molar-refractivity contribution is 7.91. The van der Waals surface area contributed by atoms with Crippen LogP contribution in [0.25, 0.3) is 0 Å². The highest BCUT2D eigenvalue weighted by Gasteiger charge is 2.39. The van der Waals surface area contributed by atoms with Gasteiger partial charge in [0.2, 0.25) is 0 Å². The van der Waals surface area contributed by atoms with Crippen LogP contribution in [0.2, 0.25) is 0 Å². The zero-order valence-corrected chi connectivity index (χ0v) is 14.9. The van der Waals surface area contributed by atoms with E-state index in [1.807, 2.05) is 36.1 Å². The largest absolute Gasteiger partial charge is 0.484 e. The summed E-state index contributed by atoms with van der Waals surface area (Å²) in [5.41, 5.74) is 1.14. The second-order valence-electron chi connectivity index (χ2n) is 6.90. The molecule has 6 heteroatoms. The molecule has 0 N–H and O–H groups in total. The predicted molar refractivity (Wildman–Crippen MR) is 92.8 cm³/mol. The molecular formula is C18H25NO4S. The van der Waals surface area contributed by atoms with Gasteiger partial charge in [0.15, 0.2) is 16.4 Å². The molecule has 1 saturated carbocycles. The summed E-state index contributed by atoms with van der Waals surface area (Å²) in [4.78, 5) is 14.6. The molecule has 1 saturated heterocycles. The normalized spacial score (nSPS) is 23.3. The Hall–Kier alpha value is -1.56. The Morgan fingerprint density at radius 2 is 1.79 bits per heavy atom. The summed E-state index contributed by atoms with van der Waals surface area (Å²) >= 11 is 0. The van der Waals surface area contributed by atoms with E-state index in [4.69, 9.17) is 4.74 Å². The fourth-order valence-electron chi connectivity index (χ4n) is 3.74. The Bertz CT molecular complexity index is 677. The van der Waals surface area contributed by atoms with Gasteiger partial charge in [-0.1, -0.05) is 30.5 Å². The van der Waals surface area contributed by atoms with E-state index < -0.39 is 9.84 Å². The molecule has 0 unspecified atom stereocenters. The molecule has 1 heterocycles. The van der Waals surface area contributed by atoms with Crippen molar-refractivity contribution in [2.75, 3.05) is 18.1 Å². The highest BCUT2D eigenvalue weighted by Crippen LogP contribution is 2.29. The quantitative estimate of drug-likeness (QED) is 0.817. The van der Waals surface area contributed by atoms with E-state index >= 15 is 0 Å². The van der Waals surface area contributed by atoms with Gasteiger partial charge >= 0.3 is 0 Å². The predicted octanol–water partition coefficient (Wildman–Crippen LogP) is 2.33. The fourth-order valence-corrected chi connectivity index (χ4v) is 5.45. The third kappa shape index (κ3) is 4.09. The van der Waals surface area contributed by atoms with Gasteiger partial charge in [-0.3, -0.25) is 4.79 Å². The summed E-state index contributed by atoms with van der Waals surface area (Å²) in [6.07, 6.45) is 4.69. The molecule has 1 aromatic rings. The first kappa shape index (κ1) is 17.3. The lowest BCUT2D eigenvalue weighted by atomic mass is 10.1. The third-order valence-corrected chi connectivity index (χ3v) is 6.74. The van der Waals surface area contributed by atoms with Crippen LogP contribution in [0, 0.1) is 6.92 Å². The lowest BCUT2D eigenvalue weighted by Crippen LogP contribution is -2.48. The number of hydrogen-bond acceptors (Lipinski definition) is 4. The monoisotopic (exact) mass is 351 g/mol. The molecule has 1 aromatic carbocycles. The zero-order chi connectivity index (χ0) is 17.2. The number of aryl methyl sites for hydroxylation is 1. The zero-order valence-electron chi connectivity index (χ0n) is 14.1. The topological polar surface area (TPSA) is 63.7 Å². The Labute approximate surface area is 143 Å². The number of ether oxygens (including phenoxy) is 1. The van der Waals surface area contributed by atoms with E-state index in [1.165, 1.54) is 0 Å². The van der Waals surface area contributed by atoms with Gasteiger partial charge in [-0.25, -0.2) is 8.42 Å². The number of benzene rings is 1. The third-order valence-electron chi connectivity index (χ3n) is 4.99. The fraction of sp³-hybridized carbons (Fsp3) is 0.611. The Kier molecular flexibility index (Phi) is 5.13. The first-order chi connectivity index (χ1) is 11.4. The van der Waals surface area contributed by atoms with Crippen molar-refractivity contribution < 1.29 is 17.9 Å². The Morgan fingerprint density at radius 3 is 2.38 bits per heavy atom. The molecule has 24 heavy (non-hydrogen) atoms. The summed E-state index contributed by atoms with van der Waals surface area (Å²) in [6.45, 7) is 1.97. The van der Waals surface area contributed by atoms with E-state index in [0.29, 0.717) is 12.2 Å². The van der Waals surface area contributed by atoms with Gasteiger partial charge in [0.1, 0.15) is 5.75 Å². The van der Waals surface area contributed by atoms with Gasteiger partial charge in [-0.05, 0) is 38.3 Å². The van der Waals surface area contributed by atoms with Gasteiger partial charge in [0.25, 0.3) is 5.91 Å². The number of hydrogen-bond donors (Lipinski definition) is 0. The van der Waals surface area contributed by atoms with Gasteiger partial charge in [-0.15, -0.1) is 0 Å². The number of sulfone groups is 1. The molecule has 1 atom stereocenters. The van der Waals surface area contributed by atoms with Crippen LogP contribution in [0.3, 0.4) is 0 Å². The van der Waals surface area contributed by atoms with Gasteiger partial charge in [0, 0.05) is 12.1 Å². The number of rotatable bonds is 5. The van der Waals surface area contributed by atoms with Crippen molar-refractivity contribution in [3.8, 4) is 5.75 Å². The van der Waals surface area contributed by atoms with Crippen molar-refractivity contribution in [3.05, 3.63) is 29.8 Å². The maximum atomic E-state index is 12.8. The number of carbonyl (C=O) groups excluding carboxylic acids is 1. The van der Waals surface area contributed by atoms with Crippen LogP contribution in [-0.4, -0.2) is 49.4 Å². The van der Waals surface area contributed by atoms with Crippen LogP contribution < -0.4 is 4.74 Å². The minimum Gasteiger partial charge on any atom is -0.484 e. The molecule has 0 spiro atoms. The lowest BCUT2D eigenvalue weighted by molar-refractivity contribution is -0.137. The first-order valence-electron chi connectivity index (χ1n) is 8.66. The number of nitrogens with zero attached hydrogens (tertiary/aromatic N) is 1. The van der Waals surface area contributed by atoms with E-state index in [1.54, 1.807) is 0 Å². The van der Waals surface area contributed by atoms with Crippen LogP contribution in [-0.2, 0) is 14.6 Å². The number of carbonyl (C=O) groups is 1. The van der Waals surface area contributed by atoms with Crippen molar-refractivity contribution in [2.45, 2.75) is 51.1 Å². The molecule has 0 aromatic heterocycles. The molecular weight excluding hydrogens is 326 g/mol. The maximum Gasteiger partial charge on any atom is 0.261 e. The first-order valence-corrected chi connectivity index (χ1v) is 10.5. The SMILES string of the molecule is Cc1ccc(OCC(=O)N(C2CCCC2)[C@@H]2CCS(=O)(=O)C2)cc1. The van der Waals surface area contributed by atoms with Gasteiger partial charge in [0.05, 0.1) is 11.5 Å². The van der Waals surface area contributed by atoms with E-state index in [0.717, 1.165) is 31.2 Å². The van der Waals surface area contributed by atoms with Crippen molar-refractivity contribution in [2.24, 2.45) is 0 Å². The van der Waals surface area contributed by atoms with Crippen molar-refractivity contribution in [3.63, 3.8) is 0 Å². The van der Waals surface area contributed by atoms with E-state index in [2.05, 4.69) is 0 Å². The van der Waals surface area contributed by atoms with Crippen LogP contribution in [0.15, 0.2) is 24.3 Å². The minimum absolute atomic E-state index is 0.0316. The molecule has 0 radical (unpaired) electrons. The molecule has 5 nitrogen and oxygen atoms in total. The number of amides is 1. The molecule has 1 aliphatic heterocycles. The van der Waals surface area contributed by atoms with Crippen molar-refractivity contribution >= 4 is 15.7 Å². The molecule has 3 rings (SSSR count). The molecule has 132 valence electrons. The van der Waals surface area contributed by atoms with Crippen molar-refractivity contribution in [1.29, 1.82) is 0 Å². The summed E-state index contributed by atoms with van der Waals surface area (Å²) in [7, 11) is -3.01. The summed E-state index contributed by atoms with van der Waals surface area (Å²) in [5, 5.41) is 0. The minimum atomic E-state index is -3.01. The molecule has 2 aliphatic rings. The van der Waals surface area contributed by atoms with Crippen LogP contribution in [0.4, 0.5) is 0 Å². The smallest absolute Gasteiger partial charge is 0.261 e. The summed E-state index contributed by atoms with van der Waals surface area (Å²) in [5.74, 6) is 0.858. The lowest BCUT2D eigenvalue weighted by Gasteiger charge is -2.34. The van der Waals surface area contributed by atoms with Crippen molar-refractivity contribution in [1.82, 2.24) is 4.90 Å². The average molecular weight is 351 g/mol. The van der Waals surface area contributed by atoms with Gasteiger partial charge in [-0.2, -0.15) is 0 Å². The molecule has 1 aliphatic carbocycles.